The fourth-order valence-electron chi connectivity index (χ4n) is 4.85. The van der Waals surface area contributed by atoms with E-state index in [-0.39, 0.29) is 12.1 Å². The van der Waals surface area contributed by atoms with Crippen molar-refractivity contribution in [3.05, 3.63) is 22.2 Å². The second-order valence-electron chi connectivity index (χ2n) is 9.91. The van der Waals surface area contributed by atoms with Crippen molar-refractivity contribution in [3.63, 3.8) is 0 Å². The van der Waals surface area contributed by atoms with Crippen molar-refractivity contribution in [2.45, 2.75) is 51.7 Å². The molecule has 1 aromatic carbocycles. The standard InChI is InChI=1S/C25H32BrN5O4/c1-25(2,3)35-24(32)30-10-7-15(8-11-30)18-6-9-28-23-17(14-27)22(29-31(18)23)16-12-19(33-4)21(26)20(13-16)34-5/h12-13,15,18,28H,6-11H2,1-5H3. The number of likely N-dealkylation sites (tertiary alicyclic amines) is 1. The topological polar surface area (TPSA) is 102 Å². The molecule has 0 bridgehead atoms. The van der Waals surface area contributed by atoms with Crippen LogP contribution in [0.3, 0.4) is 0 Å². The Hall–Kier alpha value is -2.93. The van der Waals surface area contributed by atoms with Gasteiger partial charge in [-0.1, -0.05) is 0 Å². The van der Waals surface area contributed by atoms with Gasteiger partial charge in [-0.2, -0.15) is 10.4 Å². The Balaban J connectivity index is 1.61. The van der Waals surface area contributed by atoms with Crippen LogP contribution in [-0.2, 0) is 4.74 Å². The Kier molecular flexibility index (Phi) is 7.17. The van der Waals surface area contributed by atoms with Crippen molar-refractivity contribution in [1.29, 1.82) is 5.26 Å². The maximum absolute atomic E-state index is 12.5. The highest BCUT2D eigenvalue weighted by molar-refractivity contribution is 9.10. The second-order valence-corrected chi connectivity index (χ2v) is 10.7. The van der Waals surface area contributed by atoms with Gasteiger partial charge in [-0.05, 0) is 74.0 Å². The highest BCUT2D eigenvalue weighted by Gasteiger charge is 2.36. The van der Waals surface area contributed by atoms with E-state index in [0.717, 1.165) is 37.2 Å². The van der Waals surface area contributed by atoms with Gasteiger partial charge >= 0.3 is 6.09 Å². The molecule has 188 valence electrons. The highest BCUT2D eigenvalue weighted by Crippen LogP contribution is 2.43. The number of carbonyl (C=O) groups is 1. The zero-order valence-corrected chi connectivity index (χ0v) is 22.4. The van der Waals surface area contributed by atoms with Crippen LogP contribution in [0.25, 0.3) is 11.3 Å². The number of benzene rings is 1. The fraction of sp³-hybridized carbons (Fsp3) is 0.560. The van der Waals surface area contributed by atoms with Crippen molar-refractivity contribution in [2.24, 2.45) is 5.92 Å². The first-order chi connectivity index (χ1) is 16.7. The molecule has 3 heterocycles. The summed E-state index contributed by atoms with van der Waals surface area (Å²) >= 11 is 3.50. The van der Waals surface area contributed by atoms with Crippen LogP contribution in [0, 0.1) is 17.2 Å². The number of anilines is 1. The van der Waals surface area contributed by atoms with E-state index in [1.165, 1.54) is 0 Å². The molecule has 0 radical (unpaired) electrons. The van der Waals surface area contributed by atoms with Crippen molar-refractivity contribution < 1.29 is 19.0 Å². The van der Waals surface area contributed by atoms with E-state index in [1.54, 1.807) is 19.1 Å². The molecule has 1 N–H and O–H groups in total. The van der Waals surface area contributed by atoms with Crippen LogP contribution in [0.2, 0.25) is 0 Å². The fourth-order valence-corrected chi connectivity index (χ4v) is 5.40. The number of ether oxygens (including phenoxy) is 3. The van der Waals surface area contributed by atoms with Crippen LogP contribution in [0.4, 0.5) is 10.6 Å². The normalized spacial score (nSPS) is 18.3. The van der Waals surface area contributed by atoms with E-state index in [4.69, 9.17) is 19.3 Å². The summed E-state index contributed by atoms with van der Waals surface area (Å²) in [5.41, 5.74) is 1.35. The molecule has 1 fully saturated rings. The maximum atomic E-state index is 12.5. The summed E-state index contributed by atoms with van der Waals surface area (Å²) in [6.45, 7) is 7.72. The smallest absolute Gasteiger partial charge is 0.410 e. The van der Waals surface area contributed by atoms with Gasteiger partial charge in [0.2, 0.25) is 0 Å². The van der Waals surface area contributed by atoms with Crippen molar-refractivity contribution >= 4 is 27.8 Å². The van der Waals surface area contributed by atoms with Gasteiger partial charge in [0.15, 0.2) is 0 Å². The van der Waals surface area contributed by atoms with Crippen LogP contribution in [0.1, 0.15) is 51.6 Å². The highest BCUT2D eigenvalue weighted by atomic mass is 79.9. The van der Waals surface area contributed by atoms with Crippen LogP contribution in [0.15, 0.2) is 16.6 Å². The van der Waals surface area contributed by atoms with Crippen molar-refractivity contribution in [2.75, 3.05) is 39.2 Å². The van der Waals surface area contributed by atoms with E-state index in [2.05, 4.69) is 27.3 Å². The van der Waals surface area contributed by atoms with Gasteiger partial charge in [-0.3, -0.25) is 0 Å². The van der Waals surface area contributed by atoms with Gasteiger partial charge in [0, 0.05) is 25.2 Å². The molecule has 1 atom stereocenters. The molecule has 1 unspecified atom stereocenters. The van der Waals surface area contributed by atoms with E-state index >= 15 is 0 Å². The number of piperidine rings is 1. The summed E-state index contributed by atoms with van der Waals surface area (Å²) in [6.07, 6.45) is 2.37. The van der Waals surface area contributed by atoms with E-state index in [0.29, 0.717) is 46.2 Å². The molecular weight excluding hydrogens is 514 g/mol. The van der Waals surface area contributed by atoms with E-state index in [9.17, 15) is 10.1 Å². The molecule has 0 aliphatic carbocycles. The molecule has 1 saturated heterocycles. The Morgan fingerprint density at radius 1 is 1.17 bits per heavy atom. The average molecular weight is 546 g/mol. The number of amides is 1. The first kappa shape index (κ1) is 25.2. The minimum Gasteiger partial charge on any atom is -0.495 e. The molecule has 2 aliphatic heterocycles. The largest absolute Gasteiger partial charge is 0.495 e. The van der Waals surface area contributed by atoms with Gasteiger partial charge in [0.05, 0.1) is 20.3 Å². The lowest BCUT2D eigenvalue weighted by Gasteiger charge is -2.38. The number of fused-ring (bicyclic) bond motifs is 1. The molecule has 2 aliphatic rings. The predicted molar refractivity (Wildman–Crippen MR) is 136 cm³/mol. The van der Waals surface area contributed by atoms with Gasteiger partial charge in [-0.25, -0.2) is 9.48 Å². The number of nitrogens with one attached hydrogen (secondary N) is 1. The molecule has 2 aromatic rings. The predicted octanol–water partition coefficient (Wildman–Crippen LogP) is 5.21. The summed E-state index contributed by atoms with van der Waals surface area (Å²) in [4.78, 5) is 14.3. The van der Waals surface area contributed by atoms with E-state index < -0.39 is 5.60 Å². The summed E-state index contributed by atoms with van der Waals surface area (Å²) in [5, 5.41) is 18.4. The lowest BCUT2D eigenvalue weighted by molar-refractivity contribution is 0.0157. The Labute approximate surface area is 214 Å². The van der Waals surface area contributed by atoms with E-state index in [1.807, 2.05) is 37.6 Å². The third kappa shape index (κ3) is 5.06. The first-order valence-electron chi connectivity index (χ1n) is 11.8. The van der Waals surface area contributed by atoms with Gasteiger partial charge in [0.1, 0.15) is 44.7 Å². The lowest BCUT2D eigenvalue weighted by Crippen LogP contribution is -2.43. The van der Waals surface area contributed by atoms with Crippen molar-refractivity contribution in [3.8, 4) is 28.8 Å². The number of nitriles is 1. The minimum absolute atomic E-state index is 0.145. The number of nitrogens with zero attached hydrogens (tertiary/aromatic N) is 4. The number of methoxy groups -OCH3 is 2. The average Bonchev–Trinajstić information content (AvgIpc) is 3.22. The summed E-state index contributed by atoms with van der Waals surface area (Å²) < 4.78 is 19.2. The second kappa shape index (κ2) is 9.97. The third-order valence-corrected chi connectivity index (χ3v) is 7.31. The SMILES string of the molecule is COc1cc(-c2nn3c(c2C#N)NCCC3C2CCN(C(=O)OC(C)(C)C)CC2)cc(OC)c1Br. The Bertz CT molecular complexity index is 1120. The van der Waals surface area contributed by atoms with Crippen LogP contribution in [-0.4, -0.2) is 60.2 Å². The molecule has 1 amide bonds. The summed E-state index contributed by atoms with van der Waals surface area (Å²) in [7, 11) is 3.18. The van der Waals surface area contributed by atoms with Crippen LogP contribution in [0.5, 0.6) is 11.5 Å². The lowest BCUT2D eigenvalue weighted by atomic mass is 9.87. The molecule has 0 spiro atoms. The van der Waals surface area contributed by atoms with Crippen LogP contribution >= 0.6 is 15.9 Å². The molecule has 4 rings (SSSR count). The van der Waals surface area contributed by atoms with Gasteiger partial charge < -0.3 is 24.4 Å². The zero-order valence-electron chi connectivity index (χ0n) is 20.9. The zero-order chi connectivity index (χ0) is 25.3. The quantitative estimate of drug-likeness (QED) is 0.562. The number of carbonyl (C=O) groups excluding carboxylic acids is 1. The molecule has 0 saturated carbocycles. The number of aromatic nitrogens is 2. The minimum atomic E-state index is -0.505. The Morgan fingerprint density at radius 2 is 1.80 bits per heavy atom. The van der Waals surface area contributed by atoms with Crippen molar-refractivity contribution in [1.82, 2.24) is 14.7 Å². The third-order valence-electron chi connectivity index (χ3n) is 6.52. The number of halogens is 1. The molecule has 9 nitrogen and oxygen atoms in total. The number of hydrogen-bond donors (Lipinski definition) is 1. The monoisotopic (exact) mass is 545 g/mol. The molecule has 35 heavy (non-hydrogen) atoms. The maximum Gasteiger partial charge on any atom is 0.410 e. The van der Waals surface area contributed by atoms with Gasteiger partial charge in [0.25, 0.3) is 0 Å². The van der Waals surface area contributed by atoms with Gasteiger partial charge in [-0.15, -0.1) is 0 Å². The summed E-state index contributed by atoms with van der Waals surface area (Å²) in [5.74, 6) is 2.30. The number of rotatable bonds is 4. The molecule has 1 aromatic heterocycles. The molecular formula is C25H32BrN5O4. The molecule has 10 heteroatoms. The Morgan fingerprint density at radius 3 is 2.34 bits per heavy atom. The van der Waals surface area contributed by atoms with Crippen LogP contribution < -0.4 is 14.8 Å². The summed E-state index contributed by atoms with van der Waals surface area (Å²) in [6, 6.07) is 6.21. The first-order valence-corrected chi connectivity index (χ1v) is 12.6. The number of hydrogen-bond acceptors (Lipinski definition) is 7.